The van der Waals surface area contributed by atoms with Crippen LogP contribution >= 0.6 is 0 Å². The van der Waals surface area contributed by atoms with Crippen LogP contribution in [0.25, 0.3) is 5.69 Å². The number of methoxy groups -OCH3 is 1. The van der Waals surface area contributed by atoms with E-state index < -0.39 is 0 Å². The van der Waals surface area contributed by atoms with Gasteiger partial charge in [-0.2, -0.15) is 5.10 Å². The van der Waals surface area contributed by atoms with Crippen LogP contribution in [-0.4, -0.2) is 59.9 Å². The largest absolute Gasteiger partial charge is 0.484 e. The number of carbonyl (C=O) groups excluding carboxylic acids is 2. The van der Waals surface area contributed by atoms with Crippen LogP contribution in [0.15, 0.2) is 60.7 Å². The number of hydrogen-bond donors (Lipinski definition) is 1. The van der Waals surface area contributed by atoms with Crippen molar-refractivity contribution in [2.45, 2.75) is 33.1 Å². The molecular weight excluding hydrogens is 444 g/mol. The van der Waals surface area contributed by atoms with Gasteiger partial charge < -0.3 is 19.7 Å². The molecule has 0 aliphatic rings. The highest BCUT2D eigenvalue weighted by Crippen LogP contribution is 2.26. The van der Waals surface area contributed by atoms with E-state index in [1.165, 1.54) is 4.90 Å². The first-order valence-electron chi connectivity index (χ1n) is 11.6. The highest BCUT2D eigenvalue weighted by atomic mass is 16.5. The van der Waals surface area contributed by atoms with Crippen LogP contribution in [-0.2, 0) is 19.7 Å². The Hall–Kier alpha value is -3.65. The molecule has 0 unspecified atom stereocenters. The quantitative estimate of drug-likeness (QED) is 0.477. The van der Waals surface area contributed by atoms with Crippen molar-refractivity contribution in [2.75, 3.05) is 38.7 Å². The molecule has 35 heavy (non-hydrogen) atoms. The summed E-state index contributed by atoms with van der Waals surface area (Å²) in [6, 6.07) is 18.9. The second kappa shape index (κ2) is 11.7. The van der Waals surface area contributed by atoms with Gasteiger partial charge in [0.1, 0.15) is 18.1 Å². The van der Waals surface area contributed by atoms with Gasteiger partial charge in [0.05, 0.1) is 18.0 Å². The highest BCUT2D eigenvalue weighted by Gasteiger charge is 2.23. The molecule has 0 aliphatic heterocycles. The fraction of sp³-hybridized carbons (Fsp3) is 0.370. The lowest BCUT2D eigenvalue weighted by atomic mass is 9.92. The number of para-hydroxylation sites is 1. The molecule has 8 nitrogen and oxygen atoms in total. The molecule has 8 heteroatoms. The third-order valence-electron chi connectivity index (χ3n) is 5.35. The van der Waals surface area contributed by atoms with Crippen molar-refractivity contribution in [1.82, 2.24) is 14.7 Å². The van der Waals surface area contributed by atoms with Gasteiger partial charge in [0.25, 0.3) is 5.91 Å². The molecule has 3 rings (SSSR count). The molecule has 2 amide bonds. The standard InChI is InChI=1S/C27H34N4O4/c1-20-10-9-11-21(16-20)31-24(17-23(29-31)27(2,3)4)28-25(32)18-30(14-15-34-5)26(33)19-35-22-12-7-6-8-13-22/h6-13,16-17H,14-15,18-19H2,1-5H3,(H,28,32). The zero-order chi connectivity index (χ0) is 25.4. The first-order valence-corrected chi connectivity index (χ1v) is 11.6. The number of aromatic nitrogens is 2. The summed E-state index contributed by atoms with van der Waals surface area (Å²) < 4.78 is 12.4. The second-order valence-corrected chi connectivity index (χ2v) is 9.37. The summed E-state index contributed by atoms with van der Waals surface area (Å²) in [7, 11) is 1.55. The molecule has 0 saturated heterocycles. The van der Waals surface area contributed by atoms with Crippen LogP contribution in [0.2, 0.25) is 0 Å². The molecule has 0 saturated carbocycles. The minimum absolute atomic E-state index is 0.135. The number of rotatable bonds is 10. The molecule has 0 aliphatic carbocycles. The molecular formula is C27H34N4O4. The van der Waals surface area contributed by atoms with E-state index in [1.54, 1.807) is 23.9 Å². The molecule has 0 atom stereocenters. The van der Waals surface area contributed by atoms with Gasteiger partial charge in [0.15, 0.2) is 6.61 Å². The lowest BCUT2D eigenvalue weighted by Crippen LogP contribution is -2.42. The van der Waals surface area contributed by atoms with E-state index in [0.717, 1.165) is 16.9 Å². The molecule has 3 aromatic rings. The van der Waals surface area contributed by atoms with Crippen molar-refractivity contribution < 1.29 is 19.1 Å². The molecule has 0 fully saturated rings. The first-order chi connectivity index (χ1) is 16.7. The number of nitrogens with zero attached hydrogens (tertiary/aromatic N) is 3. The van der Waals surface area contributed by atoms with E-state index in [0.29, 0.717) is 18.2 Å². The highest BCUT2D eigenvalue weighted by molar-refractivity contribution is 5.94. The first kappa shape index (κ1) is 26.0. The van der Waals surface area contributed by atoms with E-state index in [9.17, 15) is 9.59 Å². The van der Waals surface area contributed by atoms with Crippen molar-refractivity contribution in [2.24, 2.45) is 0 Å². The van der Waals surface area contributed by atoms with Gasteiger partial charge in [-0.3, -0.25) is 9.59 Å². The summed E-state index contributed by atoms with van der Waals surface area (Å²) in [5.74, 6) is 0.506. The third-order valence-corrected chi connectivity index (χ3v) is 5.35. The number of anilines is 1. The van der Waals surface area contributed by atoms with Crippen LogP contribution in [0.3, 0.4) is 0 Å². The minimum Gasteiger partial charge on any atom is -0.484 e. The monoisotopic (exact) mass is 478 g/mol. The van der Waals surface area contributed by atoms with Gasteiger partial charge >= 0.3 is 0 Å². The minimum atomic E-state index is -0.330. The van der Waals surface area contributed by atoms with Crippen LogP contribution in [0.1, 0.15) is 32.0 Å². The molecule has 2 aromatic carbocycles. The Morgan fingerprint density at radius 1 is 1.06 bits per heavy atom. The van der Waals surface area contributed by atoms with Gasteiger partial charge in [0, 0.05) is 25.1 Å². The van der Waals surface area contributed by atoms with Crippen LogP contribution < -0.4 is 10.1 Å². The number of amides is 2. The topological polar surface area (TPSA) is 85.7 Å². The normalized spacial score (nSPS) is 11.2. The van der Waals surface area contributed by atoms with E-state index in [1.807, 2.05) is 55.5 Å². The van der Waals surface area contributed by atoms with Crippen molar-refractivity contribution in [3.63, 3.8) is 0 Å². The van der Waals surface area contributed by atoms with E-state index in [2.05, 4.69) is 26.1 Å². The summed E-state index contributed by atoms with van der Waals surface area (Å²) in [5, 5.41) is 7.70. The molecule has 186 valence electrons. The number of benzene rings is 2. The van der Waals surface area contributed by atoms with E-state index in [4.69, 9.17) is 14.6 Å². The maximum Gasteiger partial charge on any atom is 0.261 e. The fourth-order valence-corrected chi connectivity index (χ4v) is 3.40. The lowest BCUT2D eigenvalue weighted by Gasteiger charge is -2.22. The van der Waals surface area contributed by atoms with Gasteiger partial charge in [-0.25, -0.2) is 4.68 Å². The van der Waals surface area contributed by atoms with Gasteiger partial charge in [-0.1, -0.05) is 51.1 Å². The molecule has 0 bridgehead atoms. The number of hydrogen-bond acceptors (Lipinski definition) is 5. The number of nitrogens with one attached hydrogen (secondary N) is 1. The van der Waals surface area contributed by atoms with Crippen LogP contribution in [0.5, 0.6) is 5.75 Å². The molecule has 1 N–H and O–H groups in total. The SMILES string of the molecule is COCCN(CC(=O)Nc1cc(C(C)(C)C)nn1-c1cccc(C)c1)C(=O)COc1ccccc1. The second-order valence-electron chi connectivity index (χ2n) is 9.37. The summed E-state index contributed by atoms with van der Waals surface area (Å²) in [4.78, 5) is 27.3. The average Bonchev–Trinajstić information content (AvgIpc) is 3.25. The fourth-order valence-electron chi connectivity index (χ4n) is 3.40. The van der Waals surface area contributed by atoms with E-state index >= 15 is 0 Å². The van der Waals surface area contributed by atoms with Crippen molar-refractivity contribution in [3.8, 4) is 11.4 Å². The van der Waals surface area contributed by atoms with Crippen molar-refractivity contribution >= 4 is 17.6 Å². The predicted octanol–water partition coefficient (Wildman–Crippen LogP) is 3.97. The Bertz CT molecular complexity index is 1140. The Morgan fingerprint density at radius 3 is 2.46 bits per heavy atom. The van der Waals surface area contributed by atoms with Crippen LogP contribution in [0, 0.1) is 6.92 Å². The van der Waals surface area contributed by atoms with Gasteiger partial charge in [-0.05, 0) is 36.8 Å². The van der Waals surface area contributed by atoms with Crippen LogP contribution in [0.4, 0.5) is 5.82 Å². The third kappa shape index (κ3) is 7.42. The zero-order valence-corrected chi connectivity index (χ0v) is 21.1. The Balaban J connectivity index is 1.76. The zero-order valence-electron chi connectivity index (χ0n) is 21.1. The number of aryl methyl sites for hydroxylation is 1. The smallest absolute Gasteiger partial charge is 0.261 e. The van der Waals surface area contributed by atoms with Crippen molar-refractivity contribution in [3.05, 3.63) is 71.9 Å². The lowest BCUT2D eigenvalue weighted by molar-refractivity contribution is -0.137. The van der Waals surface area contributed by atoms with Gasteiger partial charge in [-0.15, -0.1) is 0 Å². The summed E-state index contributed by atoms with van der Waals surface area (Å²) in [6.07, 6.45) is 0. The van der Waals surface area contributed by atoms with Crippen molar-refractivity contribution in [1.29, 1.82) is 0 Å². The predicted molar refractivity (Wildman–Crippen MR) is 136 cm³/mol. The average molecular weight is 479 g/mol. The maximum absolute atomic E-state index is 13.0. The molecule has 0 spiro atoms. The molecule has 0 radical (unpaired) electrons. The Kier molecular flexibility index (Phi) is 8.65. The van der Waals surface area contributed by atoms with E-state index in [-0.39, 0.29) is 36.9 Å². The number of ether oxygens (including phenoxy) is 2. The number of carbonyl (C=O) groups is 2. The molecule has 1 aromatic heterocycles. The summed E-state index contributed by atoms with van der Waals surface area (Å²) in [6.45, 7) is 8.48. The maximum atomic E-state index is 13.0. The summed E-state index contributed by atoms with van der Waals surface area (Å²) >= 11 is 0. The molecule has 1 heterocycles. The summed E-state index contributed by atoms with van der Waals surface area (Å²) in [5.41, 5.74) is 2.57. The Labute approximate surface area is 206 Å². The Morgan fingerprint density at radius 2 is 1.80 bits per heavy atom. The van der Waals surface area contributed by atoms with Gasteiger partial charge in [0.2, 0.25) is 5.91 Å².